The van der Waals surface area contributed by atoms with Crippen molar-refractivity contribution in [1.29, 1.82) is 0 Å². The topological polar surface area (TPSA) is 35.6 Å². The normalized spacial score (nSPS) is 16.4. The van der Waals surface area contributed by atoms with Crippen LogP contribution in [0.2, 0.25) is 0 Å². The molecule has 1 saturated heterocycles. The first-order valence-electron chi connectivity index (χ1n) is 6.90. The number of nitrogens with one attached hydrogen (secondary N) is 1. The summed E-state index contributed by atoms with van der Waals surface area (Å²) in [6.07, 6.45) is 2.07. The number of benzene rings is 1. The lowest BCUT2D eigenvalue weighted by molar-refractivity contribution is 0.152. The van der Waals surface area contributed by atoms with E-state index in [1.165, 1.54) is 5.56 Å². The average molecular weight is 261 g/mol. The number of rotatable bonds is 3. The van der Waals surface area contributed by atoms with Gasteiger partial charge in [0.25, 0.3) is 0 Å². The molecule has 0 aromatic heterocycles. The van der Waals surface area contributed by atoms with Gasteiger partial charge < -0.3 is 15.1 Å². The number of nitrogens with zero attached hydrogens (tertiary/aromatic N) is 2. The van der Waals surface area contributed by atoms with Crippen molar-refractivity contribution in [3.05, 3.63) is 35.9 Å². The van der Waals surface area contributed by atoms with Crippen LogP contribution < -0.4 is 5.32 Å². The first-order valence-corrected chi connectivity index (χ1v) is 6.90. The molecule has 4 nitrogen and oxygen atoms in total. The minimum absolute atomic E-state index is 0.126. The van der Waals surface area contributed by atoms with Crippen LogP contribution in [0.4, 0.5) is 4.79 Å². The van der Waals surface area contributed by atoms with E-state index in [9.17, 15) is 4.79 Å². The van der Waals surface area contributed by atoms with E-state index in [1.807, 2.05) is 25.1 Å². The Morgan fingerprint density at radius 2 is 1.89 bits per heavy atom. The van der Waals surface area contributed by atoms with Crippen LogP contribution in [0.3, 0.4) is 0 Å². The van der Waals surface area contributed by atoms with Gasteiger partial charge in [0.1, 0.15) is 0 Å². The van der Waals surface area contributed by atoms with Crippen LogP contribution in [0, 0.1) is 0 Å². The van der Waals surface area contributed by atoms with Crippen LogP contribution in [0.15, 0.2) is 30.3 Å². The molecule has 2 amide bonds. The molecule has 0 saturated carbocycles. The Kier molecular flexibility index (Phi) is 4.80. The standard InChI is InChI=1S/C15H23N3O/c1-17(2)15(19)18-10-8-14(9-11-18)16-12-13-6-4-3-5-7-13/h3-7,14,16H,8-12H2,1-2H3. The number of likely N-dealkylation sites (tertiary alicyclic amines) is 1. The van der Waals surface area contributed by atoms with Crippen molar-refractivity contribution < 1.29 is 4.79 Å². The van der Waals surface area contributed by atoms with Gasteiger partial charge in [-0.05, 0) is 18.4 Å². The van der Waals surface area contributed by atoms with E-state index in [0.717, 1.165) is 32.5 Å². The Bertz CT molecular complexity index is 397. The van der Waals surface area contributed by atoms with Gasteiger partial charge in [-0.15, -0.1) is 0 Å². The first kappa shape index (κ1) is 13.9. The molecular weight excluding hydrogens is 238 g/mol. The van der Waals surface area contributed by atoms with Crippen molar-refractivity contribution in [2.45, 2.75) is 25.4 Å². The number of amides is 2. The molecule has 1 N–H and O–H groups in total. The summed E-state index contributed by atoms with van der Waals surface area (Å²) in [5.41, 5.74) is 1.31. The van der Waals surface area contributed by atoms with Crippen molar-refractivity contribution in [2.24, 2.45) is 0 Å². The molecule has 1 aromatic rings. The fraction of sp³-hybridized carbons (Fsp3) is 0.533. The summed E-state index contributed by atoms with van der Waals surface area (Å²) in [7, 11) is 3.62. The zero-order chi connectivity index (χ0) is 13.7. The smallest absolute Gasteiger partial charge is 0.319 e. The number of hydrogen-bond acceptors (Lipinski definition) is 2. The van der Waals surface area contributed by atoms with Gasteiger partial charge in [-0.3, -0.25) is 0 Å². The third-order valence-electron chi connectivity index (χ3n) is 3.59. The second-order valence-corrected chi connectivity index (χ2v) is 5.30. The van der Waals surface area contributed by atoms with Crippen LogP contribution in [0.1, 0.15) is 18.4 Å². The predicted octanol–water partition coefficient (Wildman–Crippen LogP) is 1.92. The van der Waals surface area contributed by atoms with Gasteiger partial charge >= 0.3 is 6.03 Å². The van der Waals surface area contributed by atoms with Crippen LogP contribution in [-0.4, -0.2) is 49.1 Å². The molecule has 0 aliphatic carbocycles. The van der Waals surface area contributed by atoms with E-state index >= 15 is 0 Å². The van der Waals surface area contributed by atoms with Crippen LogP contribution >= 0.6 is 0 Å². The number of piperidine rings is 1. The van der Waals surface area contributed by atoms with Gasteiger partial charge in [-0.2, -0.15) is 0 Å². The highest BCUT2D eigenvalue weighted by Gasteiger charge is 2.23. The number of urea groups is 1. The molecule has 0 spiro atoms. The van der Waals surface area contributed by atoms with E-state index in [2.05, 4.69) is 29.6 Å². The largest absolute Gasteiger partial charge is 0.331 e. The Labute approximate surface area is 115 Å². The van der Waals surface area contributed by atoms with Crippen molar-refractivity contribution in [3.8, 4) is 0 Å². The van der Waals surface area contributed by atoms with Gasteiger partial charge in [0, 0.05) is 39.8 Å². The van der Waals surface area contributed by atoms with Gasteiger partial charge in [-0.25, -0.2) is 4.79 Å². The Morgan fingerprint density at radius 1 is 1.26 bits per heavy atom. The Morgan fingerprint density at radius 3 is 2.47 bits per heavy atom. The van der Waals surface area contributed by atoms with Gasteiger partial charge in [0.2, 0.25) is 0 Å². The van der Waals surface area contributed by atoms with E-state index in [-0.39, 0.29) is 6.03 Å². The monoisotopic (exact) mass is 261 g/mol. The molecule has 0 atom stereocenters. The lowest BCUT2D eigenvalue weighted by Crippen LogP contribution is -2.47. The maximum Gasteiger partial charge on any atom is 0.319 e. The minimum Gasteiger partial charge on any atom is -0.331 e. The molecule has 0 unspecified atom stereocenters. The fourth-order valence-corrected chi connectivity index (χ4v) is 2.42. The molecule has 1 heterocycles. The molecule has 19 heavy (non-hydrogen) atoms. The Hall–Kier alpha value is -1.55. The molecule has 1 aromatic carbocycles. The highest BCUT2D eigenvalue weighted by atomic mass is 16.2. The lowest BCUT2D eigenvalue weighted by atomic mass is 10.0. The highest BCUT2D eigenvalue weighted by Crippen LogP contribution is 2.12. The van der Waals surface area contributed by atoms with Crippen molar-refractivity contribution in [3.63, 3.8) is 0 Å². The van der Waals surface area contributed by atoms with Crippen LogP contribution in [0.5, 0.6) is 0 Å². The molecule has 2 rings (SSSR count). The fourth-order valence-electron chi connectivity index (χ4n) is 2.42. The van der Waals surface area contributed by atoms with E-state index in [4.69, 9.17) is 0 Å². The summed E-state index contributed by atoms with van der Waals surface area (Å²) >= 11 is 0. The maximum atomic E-state index is 11.8. The average Bonchev–Trinajstić information content (AvgIpc) is 2.46. The molecule has 1 aliphatic heterocycles. The SMILES string of the molecule is CN(C)C(=O)N1CCC(NCc2ccccc2)CC1. The minimum atomic E-state index is 0.126. The third-order valence-corrected chi connectivity index (χ3v) is 3.59. The summed E-state index contributed by atoms with van der Waals surface area (Å²) in [4.78, 5) is 15.4. The van der Waals surface area contributed by atoms with E-state index < -0.39 is 0 Å². The quantitative estimate of drug-likeness (QED) is 0.902. The lowest BCUT2D eigenvalue weighted by Gasteiger charge is -2.34. The van der Waals surface area contributed by atoms with E-state index in [1.54, 1.807) is 4.90 Å². The Balaban J connectivity index is 1.73. The van der Waals surface area contributed by atoms with Crippen molar-refractivity contribution in [1.82, 2.24) is 15.1 Å². The van der Waals surface area contributed by atoms with Crippen LogP contribution in [0.25, 0.3) is 0 Å². The molecule has 0 bridgehead atoms. The molecule has 104 valence electrons. The predicted molar refractivity (Wildman–Crippen MR) is 77.0 cm³/mol. The highest BCUT2D eigenvalue weighted by molar-refractivity contribution is 5.73. The molecule has 1 fully saturated rings. The first-order chi connectivity index (χ1) is 9.16. The molecule has 0 radical (unpaired) electrons. The van der Waals surface area contributed by atoms with Gasteiger partial charge in [0.15, 0.2) is 0 Å². The number of hydrogen-bond donors (Lipinski definition) is 1. The van der Waals surface area contributed by atoms with Crippen molar-refractivity contribution in [2.75, 3.05) is 27.2 Å². The van der Waals surface area contributed by atoms with Crippen molar-refractivity contribution >= 4 is 6.03 Å². The van der Waals surface area contributed by atoms with Crippen LogP contribution in [-0.2, 0) is 6.54 Å². The second-order valence-electron chi connectivity index (χ2n) is 5.30. The summed E-state index contributed by atoms with van der Waals surface area (Å²) < 4.78 is 0. The summed E-state index contributed by atoms with van der Waals surface area (Å²) in [6, 6.07) is 11.1. The van der Waals surface area contributed by atoms with Gasteiger partial charge in [-0.1, -0.05) is 30.3 Å². The molecule has 4 heteroatoms. The zero-order valence-corrected chi connectivity index (χ0v) is 11.8. The molecule has 1 aliphatic rings. The number of carbonyl (C=O) groups is 1. The maximum absolute atomic E-state index is 11.8. The van der Waals surface area contributed by atoms with E-state index in [0.29, 0.717) is 6.04 Å². The van der Waals surface area contributed by atoms with Gasteiger partial charge in [0.05, 0.1) is 0 Å². The number of carbonyl (C=O) groups excluding carboxylic acids is 1. The second kappa shape index (κ2) is 6.57. The molecular formula is C15H23N3O. The zero-order valence-electron chi connectivity index (χ0n) is 11.8. The third kappa shape index (κ3) is 3.96. The summed E-state index contributed by atoms with van der Waals surface area (Å²) in [5, 5.41) is 3.58. The summed E-state index contributed by atoms with van der Waals surface area (Å²) in [6.45, 7) is 2.61. The summed E-state index contributed by atoms with van der Waals surface area (Å²) in [5.74, 6) is 0.